The summed E-state index contributed by atoms with van der Waals surface area (Å²) in [6.45, 7) is 1.56. The monoisotopic (exact) mass is 233 g/mol. The van der Waals surface area contributed by atoms with Crippen LogP contribution in [0.2, 0.25) is 5.02 Å². The summed E-state index contributed by atoms with van der Waals surface area (Å²) in [7, 11) is 3.25. The Morgan fingerprint density at radius 2 is 1.93 bits per heavy atom. The number of methoxy groups -OCH3 is 1. The molecule has 0 saturated carbocycles. The van der Waals surface area contributed by atoms with E-state index in [1.165, 1.54) is 6.07 Å². The van der Waals surface area contributed by atoms with E-state index in [0.717, 1.165) is 6.07 Å². The van der Waals surface area contributed by atoms with Crippen LogP contribution in [0.1, 0.15) is 5.56 Å². The van der Waals surface area contributed by atoms with E-state index in [4.69, 9.17) is 16.7 Å². The Balaban J connectivity index is 0.000000583. The Labute approximate surface area is 92.4 Å². The molecule has 1 aromatic carbocycles. The zero-order chi connectivity index (χ0) is 12.0. The molecule has 0 unspecified atom stereocenters. The molecule has 1 aromatic rings. The normalized spacial score (nSPS) is 9.07. The van der Waals surface area contributed by atoms with E-state index in [1.54, 1.807) is 21.1 Å². The molecular weight excluding hydrogens is 222 g/mol. The molecule has 0 aliphatic carbocycles. The van der Waals surface area contributed by atoms with Crippen molar-refractivity contribution >= 4 is 17.3 Å². The second-order valence-electron chi connectivity index (χ2n) is 2.76. The van der Waals surface area contributed by atoms with Gasteiger partial charge in [-0.15, -0.1) is 0 Å². The van der Waals surface area contributed by atoms with Crippen LogP contribution in [-0.4, -0.2) is 24.2 Å². The van der Waals surface area contributed by atoms with Gasteiger partial charge in [-0.3, -0.25) is 10.1 Å². The maximum absolute atomic E-state index is 10.3. The minimum atomic E-state index is -0.564. The fourth-order valence-corrected chi connectivity index (χ4v) is 1.07. The van der Waals surface area contributed by atoms with Crippen molar-refractivity contribution in [2.45, 2.75) is 6.92 Å². The molecule has 0 heterocycles. The van der Waals surface area contributed by atoms with Crippen molar-refractivity contribution in [1.82, 2.24) is 0 Å². The average Bonchev–Trinajstić information content (AvgIpc) is 2.12. The number of aryl methyl sites for hydroxylation is 1. The third-order valence-electron chi connectivity index (χ3n) is 1.46. The molecule has 0 radical (unpaired) electrons. The van der Waals surface area contributed by atoms with Crippen molar-refractivity contribution in [3.05, 3.63) is 32.8 Å². The van der Waals surface area contributed by atoms with Gasteiger partial charge in [0.15, 0.2) is 0 Å². The topological polar surface area (TPSA) is 72.6 Å². The molecule has 0 atom stereocenters. The van der Waals surface area contributed by atoms with E-state index in [2.05, 4.69) is 4.74 Å². The molecule has 0 aromatic heterocycles. The van der Waals surface area contributed by atoms with Gasteiger partial charge in [-0.25, -0.2) is 0 Å². The van der Waals surface area contributed by atoms with Crippen LogP contribution >= 0.6 is 11.6 Å². The summed E-state index contributed by atoms with van der Waals surface area (Å²) in [6, 6.07) is 2.40. The minimum Gasteiger partial charge on any atom is -0.506 e. The quantitative estimate of drug-likeness (QED) is 0.598. The summed E-state index contributed by atoms with van der Waals surface area (Å²) in [6.07, 6.45) is 0. The Bertz CT molecular complexity index is 354. The van der Waals surface area contributed by atoms with E-state index in [1.807, 2.05) is 0 Å². The lowest BCUT2D eigenvalue weighted by Crippen LogP contribution is -1.90. The highest BCUT2D eigenvalue weighted by atomic mass is 35.5. The number of ether oxygens (including phenoxy) is 1. The summed E-state index contributed by atoms with van der Waals surface area (Å²) in [5.41, 5.74) is 0.305. The average molecular weight is 234 g/mol. The highest BCUT2D eigenvalue weighted by Crippen LogP contribution is 2.30. The van der Waals surface area contributed by atoms with Crippen molar-refractivity contribution in [1.29, 1.82) is 0 Å². The molecule has 0 aliphatic heterocycles. The molecule has 0 fully saturated rings. The first-order valence-electron chi connectivity index (χ1n) is 3.97. The molecule has 15 heavy (non-hydrogen) atoms. The maximum atomic E-state index is 10.3. The number of nitro groups is 1. The van der Waals surface area contributed by atoms with Gasteiger partial charge in [0.05, 0.1) is 16.0 Å². The van der Waals surface area contributed by atoms with Gasteiger partial charge in [-0.2, -0.15) is 0 Å². The molecule has 6 heteroatoms. The fraction of sp³-hybridized carbons (Fsp3) is 0.333. The minimum absolute atomic E-state index is 0.123. The third kappa shape index (κ3) is 4.14. The lowest BCUT2D eigenvalue weighted by Gasteiger charge is -1.99. The number of hydrogen-bond donors (Lipinski definition) is 1. The molecule has 0 amide bonds. The number of phenols is 1. The van der Waals surface area contributed by atoms with Crippen LogP contribution in [0.25, 0.3) is 0 Å². The Morgan fingerprint density at radius 1 is 1.47 bits per heavy atom. The van der Waals surface area contributed by atoms with Gasteiger partial charge < -0.3 is 9.84 Å². The van der Waals surface area contributed by atoms with Crippen LogP contribution in [-0.2, 0) is 4.74 Å². The summed E-state index contributed by atoms with van der Waals surface area (Å²) in [5.74, 6) is -0.269. The van der Waals surface area contributed by atoms with Crippen LogP contribution in [0.4, 0.5) is 5.69 Å². The SMILES string of the molecule is COC.Cc1cc(Cl)c(O)cc1[N+](=O)[O-]. The van der Waals surface area contributed by atoms with Crippen LogP contribution in [0.3, 0.4) is 0 Å². The van der Waals surface area contributed by atoms with Crippen LogP contribution in [0.15, 0.2) is 12.1 Å². The number of benzene rings is 1. The molecule has 84 valence electrons. The van der Waals surface area contributed by atoms with Crippen LogP contribution in [0.5, 0.6) is 5.75 Å². The van der Waals surface area contributed by atoms with E-state index in [9.17, 15) is 10.1 Å². The summed E-state index contributed by atoms with van der Waals surface area (Å²) >= 11 is 5.52. The standard InChI is InChI=1S/C7H6ClNO3.C2H6O/c1-4-2-5(8)7(10)3-6(4)9(11)12;1-3-2/h2-3,10H,1H3;1-2H3. The molecule has 1 N–H and O–H groups in total. The number of hydrogen-bond acceptors (Lipinski definition) is 4. The maximum Gasteiger partial charge on any atom is 0.276 e. The van der Waals surface area contributed by atoms with Crippen molar-refractivity contribution < 1.29 is 14.8 Å². The Kier molecular flexibility index (Phi) is 5.66. The number of rotatable bonds is 1. The highest BCUT2D eigenvalue weighted by molar-refractivity contribution is 6.32. The summed E-state index contributed by atoms with van der Waals surface area (Å²) < 4.78 is 4.25. The second kappa shape index (κ2) is 6.21. The molecule has 0 saturated heterocycles. The van der Waals surface area contributed by atoms with Gasteiger partial charge in [0.1, 0.15) is 5.75 Å². The predicted octanol–water partition coefficient (Wildman–Crippen LogP) is 2.52. The zero-order valence-corrected chi connectivity index (χ0v) is 9.41. The largest absolute Gasteiger partial charge is 0.506 e. The van der Waals surface area contributed by atoms with Crippen molar-refractivity contribution in [2.75, 3.05) is 14.2 Å². The first-order valence-corrected chi connectivity index (χ1v) is 4.35. The van der Waals surface area contributed by atoms with Crippen molar-refractivity contribution in [2.24, 2.45) is 0 Å². The van der Waals surface area contributed by atoms with Gasteiger partial charge in [0.2, 0.25) is 0 Å². The highest BCUT2D eigenvalue weighted by Gasteiger charge is 2.13. The number of aromatic hydroxyl groups is 1. The number of halogens is 1. The van der Waals surface area contributed by atoms with E-state index in [-0.39, 0.29) is 16.5 Å². The molecular formula is C9H12ClNO4. The Hall–Kier alpha value is -1.33. The lowest BCUT2D eigenvalue weighted by molar-refractivity contribution is -0.385. The fourth-order valence-electron chi connectivity index (χ4n) is 0.847. The molecule has 5 nitrogen and oxygen atoms in total. The van der Waals surface area contributed by atoms with Gasteiger partial charge in [-0.1, -0.05) is 11.6 Å². The van der Waals surface area contributed by atoms with E-state index in [0.29, 0.717) is 5.56 Å². The zero-order valence-electron chi connectivity index (χ0n) is 8.65. The first kappa shape index (κ1) is 13.7. The molecule has 0 aliphatic rings. The lowest BCUT2D eigenvalue weighted by atomic mass is 10.2. The number of phenolic OH excluding ortho intramolecular Hbond substituents is 1. The third-order valence-corrected chi connectivity index (χ3v) is 1.76. The van der Waals surface area contributed by atoms with Crippen LogP contribution in [0, 0.1) is 17.0 Å². The van der Waals surface area contributed by atoms with Crippen LogP contribution < -0.4 is 0 Å². The van der Waals surface area contributed by atoms with Crippen molar-refractivity contribution in [3.63, 3.8) is 0 Å². The van der Waals surface area contributed by atoms with Gasteiger partial charge >= 0.3 is 0 Å². The molecule has 0 spiro atoms. The number of nitro benzene ring substituents is 1. The van der Waals surface area contributed by atoms with E-state index >= 15 is 0 Å². The second-order valence-corrected chi connectivity index (χ2v) is 3.16. The van der Waals surface area contributed by atoms with E-state index < -0.39 is 4.92 Å². The number of nitrogens with zero attached hydrogens (tertiary/aromatic N) is 1. The Morgan fingerprint density at radius 3 is 2.33 bits per heavy atom. The molecule has 1 rings (SSSR count). The summed E-state index contributed by atoms with van der Waals surface area (Å²) in [5, 5.41) is 19.5. The van der Waals surface area contributed by atoms with Gasteiger partial charge in [0.25, 0.3) is 5.69 Å². The predicted molar refractivity (Wildman–Crippen MR) is 57.4 cm³/mol. The first-order chi connectivity index (χ1) is 6.93. The summed E-state index contributed by atoms with van der Waals surface area (Å²) in [4.78, 5) is 9.77. The van der Waals surface area contributed by atoms with Gasteiger partial charge in [-0.05, 0) is 13.0 Å². The smallest absolute Gasteiger partial charge is 0.276 e. The van der Waals surface area contributed by atoms with Gasteiger partial charge in [0, 0.05) is 19.8 Å². The molecule has 0 bridgehead atoms. The van der Waals surface area contributed by atoms with Crippen molar-refractivity contribution in [3.8, 4) is 5.75 Å².